The van der Waals surface area contributed by atoms with Gasteiger partial charge in [0.2, 0.25) is 0 Å². The van der Waals surface area contributed by atoms with Crippen molar-refractivity contribution in [2.24, 2.45) is 0 Å². The maximum atomic E-state index is 9.19. The quantitative estimate of drug-likeness (QED) is 0.225. The molecule has 0 fully saturated rings. The van der Waals surface area contributed by atoms with Crippen LogP contribution < -0.4 is 0 Å². The molecule has 0 aromatic rings. The second kappa shape index (κ2) is 12.3. The molecule has 0 atom stereocenters. The molecule has 2 radical (unpaired) electrons. The Hall–Kier alpha value is 0.493. The summed E-state index contributed by atoms with van der Waals surface area (Å²) in [6.07, 6.45) is 0. The van der Waals surface area contributed by atoms with Crippen molar-refractivity contribution in [1.82, 2.24) is 0 Å². The number of aliphatic hydroxyl groups is 3. The van der Waals surface area contributed by atoms with Crippen molar-refractivity contribution in [3.05, 3.63) is 0 Å². The van der Waals surface area contributed by atoms with Gasteiger partial charge in [0.05, 0.1) is 0 Å². The molecule has 0 bridgehead atoms. The topological polar surface area (TPSA) is 232 Å². The minimum absolute atomic E-state index is 0. The third kappa shape index (κ3) is 55.8. The summed E-state index contributed by atoms with van der Waals surface area (Å²) in [6.45, 7) is 0. The molecule has 12 nitrogen and oxygen atoms in total. The van der Waals surface area contributed by atoms with Gasteiger partial charge in [0.25, 0.3) is 0 Å². The number of rotatable bonds is 3. The molecule has 0 aromatic carbocycles. The van der Waals surface area contributed by atoms with Crippen molar-refractivity contribution < 1.29 is 54.2 Å². The van der Waals surface area contributed by atoms with E-state index in [0.29, 0.717) is 0 Å². The van der Waals surface area contributed by atoms with E-state index in [1.165, 1.54) is 0 Å². The number of hydrogen-bond donors (Lipinski definition) is 3. The van der Waals surface area contributed by atoms with E-state index >= 15 is 0 Å². The Bertz CT molecular complexity index is 410. The van der Waals surface area contributed by atoms with Crippen LogP contribution in [-0.4, -0.2) is 98.3 Å². The summed E-state index contributed by atoms with van der Waals surface area (Å²) < 4.78 is 82.8. The predicted octanol–water partition coefficient (Wildman–Crippen LogP) is -4.94. The SMILES string of the molecule is O=S(=O)([O-])CO.O=S(=O)([O-])CO.O=S(=O)([O-])CO.[Bi+3]. The van der Waals surface area contributed by atoms with Gasteiger partial charge in [0.15, 0.2) is 0 Å². The largest absolute Gasteiger partial charge is 3.00 e. The fraction of sp³-hybridized carbons (Fsp3) is 1.00. The molecule has 0 aliphatic carbocycles. The summed E-state index contributed by atoms with van der Waals surface area (Å²) in [6, 6.07) is 0. The maximum absolute atomic E-state index is 9.19. The predicted molar refractivity (Wildman–Crippen MR) is 56.1 cm³/mol. The Morgan fingerprint density at radius 2 is 0.632 bits per heavy atom. The first-order valence-electron chi connectivity index (χ1n) is 3.31. The van der Waals surface area contributed by atoms with Crippen molar-refractivity contribution in [2.75, 3.05) is 17.8 Å². The number of aliphatic hydroxyl groups excluding tert-OH is 3. The number of hydrogen-bond acceptors (Lipinski definition) is 12. The van der Waals surface area contributed by atoms with E-state index in [9.17, 15) is 38.9 Å². The van der Waals surface area contributed by atoms with Gasteiger partial charge in [0, 0.05) is 0 Å². The Kier molecular flexibility index (Phi) is 17.9. The summed E-state index contributed by atoms with van der Waals surface area (Å²) in [5.41, 5.74) is 0. The minimum atomic E-state index is -4.36. The molecule has 16 heteroatoms. The summed E-state index contributed by atoms with van der Waals surface area (Å²) in [7, 11) is -13.1. The first kappa shape index (κ1) is 27.8. The molecule has 0 saturated carbocycles. The van der Waals surface area contributed by atoms with Gasteiger partial charge in [-0.2, -0.15) is 0 Å². The van der Waals surface area contributed by atoms with Gasteiger partial charge in [-0.1, -0.05) is 0 Å². The van der Waals surface area contributed by atoms with Gasteiger partial charge in [-0.05, 0) is 0 Å². The van der Waals surface area contributed by atoms with Crippen molar-refractivity contribution in [3.63, 3.8) is 0 Å². The van der Waals surface area contributed by atoms with E-state index in [2.05, 4.69) is 0 Å². The Morgan fingerprint density at radius 3 is 0.632 bits per heavy atom. The van der Waals surface area contributed by atoms with Crippen LogP contribution in [0.3, 0.4) is 0 Å². The fourth-order valence-electron chi connectivity index (χ4n) is 0. The molecular formula is C3H9BiO12S3. The van der Waals surface area contributed by atoms with E-state index in [0.717, 1.165) is 0 Å². The third-order valence-electron chi connectivity index (χ3n) is 0.474. The van der Waals surface area contributed by atoms with Gasteiger partial charge < -0.3 is 29.0 Å². The van der Waals surface area contributed by atoms with Gasteiger partial charge in [-0.25, -0.2) is 25.3 Å². The van der Waals surface area contributed by atoms with Gasteiger partial charge in [-0.3, -0.25) is 0 Å². The standard InChI is InChI=1S/3CH4O4S.Bi/c3*2-1-6(3,4)5;/h3*2H,1H2,(H,3,4,5);/q;;;+3/p-3. The average Bonchev–Trinajstić information content (AvgIpc) is 2.16. The van der Waals surface area contributed by atoms with E-state index in [4.69, 9.17) is 15.3 Å². The molecule has 116 valence electrons. The molecule has 0 saturated heterocycles. The Morgan fingerprint density at radius 1 is 0.579 bits per heavy atom. The zero-order valence-corrected chi connectivity index (χ0v) is 14.7. The van der Waals surface area contributed by atoms with Crippen LogP contribution in [0.4, 0.5) is 0 Å². The Balaban J connectivity index is -0.0000000865. The molecule has 0 spiro atoms. The van der Waals surface area contributed by atoms with Crippen molar-refractivity contribution in [1.29, 1.82) is 0 Å². The maximum Gasteiger partial charge on any atom is 3.00 e. The fourth-order valence-corrected chi connectivity index (χ4v) is 0. The summed E-state index contributed by atoms with van der Waals surface area (Å²) in [5, 5.41) is 22.5. The zero-order chi connectivity index (χ0) is 15.6. The van der Waals surface area contributed by atoms with Crippen LogP contribution in [0.5, 0.6) is 0 Å². The van der Waals surface area contributed by atoms with Crippen LogP contribution in [0.1, 0.15) is 0 Å². The van der Waals surface area contributed by atoms with Gasteiger partial charge in [0.1, 0.15) is 48.2 Å². The summed E-state index contributed by atoms with van der Waals surface area (Å²) in [5.74, 6) is -3.94. The van der Waals surface area contributed by atoms with Crippen LogP contribution in [0, 0.1) is 0 Å². The molecular weight excluding hydrogens is 533 g/mol. The molecule has 0 amide bonds. The summed E-state index contributed by atoms with van der Waals surface area (Å²) >= 11 is 0. The molecule has 0 aromatic heterocycles. The molecule has 0 aliphatic rings. The second-order valence-electron chi connectivity index (χ2n) is 2.06. The van der Waals surface area contributed by atoms with Crippen molar-refractivity contribution >= 4 is 56.6 Å². The van der Waals surface area contributed by atoms with Gasteiger partial charge in [-0.15, -0.1) is 0 Å². The first-order valence-corrected chi connectivity index (χ1v) is 8.05. The first-order chi connectivity index (χ1) is 7.68. The monoisotopic (exact) mass is 542 g/mol. The van der Waals surface area contributed by atoms with Crippen LogP contribution in [0.15, 0.2) is 0 Å². The van der Waals surface area contributed by atoms with Crippen molar-refractivity contribution in [2.45, 2.75) is 0 Å². The van der Waals surface area contributed by atoms with E-state index in [1.807, 2.05) is 0 Å². The molecule has 0 rings (SSSR count). The van der Waals surface area contributed by atoms with Crippen molar-refractivity contribution in [3.8, 4) is 0 Å². The molecule has 3 N–H and O–H groups in total. The average molecular weight is 542 g/mol. The Labute approximate surface area is 128 Å². The molecule has 0 unspecified atom stereocenters. The minimum Gasteiger partial charge on any atom is -0.746 e. The molecule has 0 heterocycles. The van der Waals surface area contributed by atoms with Gasteiger partial charge >= 0.3 is 26.2 Å². The van der Waals surface area contributed by atoms with E-state index in [1.54, 1.807) is 0 Å². The second-order valence-corrected chi connectivity index (χ2v) is 6.18. The van der Waals surface area contributed by atoms with E-state index < -0.39 is 48.2 Å². The third-order valence-corrected chi connectivity index (χ3v) is 1.42. The summed E-state index contributed by atoms with van der Waals surface area (Å²) in [4.78, 5) is 0. The van der Waals surface area contributed by atoms with Crippen LogP contribution in [0.2, 0.25) is 0 Å². The molecule has 19 heavy (non-hydrogen) atoms. The smallest absolute Gasteiger partial charge is 0.746 e. The zero-order valence-electron chi connectivity index (χ0n) is 8.81. The van der Waals surface area contributed by atoms with E-state index in [-0.39, 0.29) is 26.2 Å². The molecule has 0 aliphatic heterocycles. The van der Waals surface area contributed by atoms with Crippen LogP contribution in [-0.2, 0) is 30.4 Å². The van der Waals surface area contributed by atoms with Crippen LogP contribution in [0.25, 0.3) is 0 Å². The van der Waals surface area contributed by atoms with Crippen LogP contribution >= 0.6 is 0 Å². The normalized spacial score (nSPS) is 11.1.